The summed E-state index contributed by atoms with van der Waals surface area (Å²) in [5.74, 6) is -1.52. The summed E-state index contributed by atoms with van der Waals surface area (Å²) in [6.45, 7) is 5.25. The number of aromatic hydroxyl groups is 1. The molecule has 0 radical (unpaired) electrons. The van der Waals surface area contributed by atoms with E-state index >= 15 is 0 Å². The molecule has 2 rings (SSSR count). The first-order valence-electron chi connectivity index (χ1n) is 8.46. The van der Waals surface area contributed by atoms with Crippen LogP contribution in [-0.2, 0) is 16.1 Å². The van der Waals surface area contributed by atoms with E-state index in [1.165, 1.54) is 0 Å². The van der Waals surface area contributed by atoms with Crippen LogP contribution in [0.1, 0.15) is 36.3 Å². The van der Waals surface area contributed by atoms with Gasteiger partial charge in [0.15, 0.2) is 5.76 Å². The third-order valence-electron chi connectivity index (χ3n) is 3.78. The second-order valence-corrected chi connectivity index (χ2v) is 5.68. The Kier molecular flexibility index (Phi) is 7.19. The Morgan fingerprint density at radius 2 is 2.15 bits per heavy atom. The molecule has 7 heteroatoms. The van der Waals surface area contributed by atoms with Crippen LogP contribution in [-0.4, -0.2) is 29.4 Å². The van der Waals surface area contributed by atoms with E-state index in [0.29, 0.717) is 17.9 Å². The maximum absolute atomic E-state index is 12.1. The van der Waals surface area contributed by atoms with Gasteiger partial charge in [-0.3, -0.25) is 9.59 Å². The molecule has 0 aliphatic rings. The number of ether oxygens (including phenoxy) is 2. The van der Waals surface area contributed by atoms with E-state index in [0.717, 1.165) is 6.07 Å². The van der Waals surface area contributed by atoms with Crippen LogP contribution in [0.2, 0.25) is 0 Å². The van der Waals surface area contributed by atoms with Crippen LogP contribution < -0.4 is 10.2 Å². The lowest BCUT2D eigenvalue weighted by molar-refractivity contribution is -0.143. The molecule has 2 aromatic rings. The summed E-state index contributed by atoms with van der Waals surface area (Å²) in [7, 11) is 0. The molecule has 0 aliphatic carbocycles. The summed E-state index contributed by atoms with van der Waals surface area (Å²) in [6, 6.07) is 7.85. The van der Waals surface area contributed by atoms with E-state index in [4.69, 9.17) is 13.9 Å². The van der Waals surface area contributed by atoms with Gasteiger partial charge >= 0.3 is 5.97 Å². The highest BCUT2D eigenvalue weighted by molar-refractivity contribution is 5.71. The van der Waals surface area contributed by atoms with E-state index in [9.17, 15) is 19.8 Å². The van der Waals surface area contributed by atoms with E-state index in [-0.39, 0.29) is 24.5 Å². The summed E-state index contributed by atoms with van der Waals surface area (Å²) >= 11 is 0. The summed E-state index contributed by atoms with van der Waals surface area (Å²) in [5, 5.41) is 19.5. The Hall–Kier alpha value is -3.06. The molecule has 0 saturated heterocycles. The first-order valence-corrected chi connectivity index (χ1v) is 8.46. The number of hydrogen-bond donors (Lipinski definition) is 2. The van der Waals surface area contributed by atoms with E-state index in [1.54, 1.807) is 37.3 Å². The average Bonchev–Trinajstić information content (AvgIpc) is 2.67. The van der Waals surface area contributed by atoms with Gasteiger partial charge in [-0.1, -0.05) is 24.8 Å². The molecular formula is C20H22O7. The monoisotopic (exact) mass is 374 g/mol. The van der Waals surface area contributed by atoms with Crippen LogP contribution in [0.3, 0.4) is 0 Å². The van der Waals surface area contributed by atoms with Gasteiger partial charge in [-0.2, -0.15) is 0 Å². The summed E-state index contributed by atoms with van der Waals surface area (Å²) < 4.78 is 16.0. The molecule has 0 fully saturated rings. The molecule has 1 atom stereocenters. The second-order valence-electron chi connectivity index (χ2n) is 5.68. The standard InChI is InChI=1S/C20H22O7/c1-3-8-26-14-7-5-6-13(9-14)16(11-18(23)25-4-2)20-19(24)17(22)10-15(12-21)27-20/h3,5-7,9-10,16,21,24H,1,4,8,11-12H2,2H3. The van der Waals surface area contributed by atoms with Crippen molar-refractivity contribution in [1.29, 1.82) is 0 Å². The van der Waals surface area contributed by atoms with Gasteiger partial charge < -0.3 is 24.1 Å². The van der Waals surface area contributed by atoms with Crippen molar-refractivity contribution in [1.82, 2.24) is 0 Å². The predicted octanol–water partition coefficient (Wildman–Crippen LogP) is 2.49. The molecule has 0 amide bonds. The van der Waals surface area contributed by atoms with E-state index in [2.05, 4.69) is 6.58 Å². The molecule has 2 N–H and O–H groups in total. The van der Waals surface area contributed by atoms with Crippen molar-refractivity contribution >= 4 is 5.97 Å². The van der Waals surface area contributed by atoms with Gasteiger partial charge in [-0.05, 0) is 24.6 Å². The van der Waals surface area contributed by atoms with Gasteiger partial charge in [0.2, 0.25) is 11.2 Å². The number of aliphatic hydroxyl groups excluding tert-OH is 1. The first kappa shape index (κ1) is 20.3. The molecular weight excluding hydrogens is 352 g/mol. The van der Waals surface area contributed by atoms with Gasteiger partial charge in [0, 0.05) is 6.07 Å². The summed E-state index contributed by atoms with van der Waals surface area (Å²) in [4.78, 5) is 24.1. The zero-order chi connectivity index (χ0) is 19.8. The van der Waals surface area contributed by atoms with E-state index in [1.807, 2.05) is 0 Å². The minimum absolute atomic E-state index is 0.0132. The lowest BCUT2D eigenvalue weighted by atomic mass is 9.92. The molecule has 7 nitrogen and oxygen atoms in total. The Bertz CT molecular complexity index is 854. The molecule has 144 valence electrons. The van der Waals surface area contributed by atoms with Crippen molar-refractivity contribution in [3.05, 3.63) is 70.3 Å². The number of aliphatic hydroxyl groups is 1. The highest BCUT2D eigenvalue weighted by atomic mass is 16.5. The molecule has 1 aromatic heterocycles. The summed E-state index contributed by atoms with van der Waals surface area (Å²) in [6.07, 6.45) is 1.43. The zero-order valence-electron chi connectivity index (χ0n) is 15.0. The molecule has 0 bridgehead atoms. The number of hydrogen-bond acceptors (Lipinski definition) is 7. The van der Waals surface area contributed by atoms with Gasteiger partial charge in [0.25, 0.3) is 0 Å². The Labute approximate surface area is 156 Å². The van der Waals surface area contributed by atoms with Crippen molar-refractivity contribution < 1.29 is 28.9 Å². The fourth-order valence-corrected chi connectivity index (χ4v) is 2.59. The lowest BCUT2D eigenvalue weighted by Crippen LogP contribution is -2.15. The minimum atomic E-state index is -0.796. The molecule has 27 heavy (non-hydrogen) atoms. The molecule has 0 aliphatic heterocycles. The van der Waals surface area contributed by atoms with Crippen LogP contribution in [0.5, 0.6) is 11.5 Å². The molecule has 1 aromatic carbocycles. The Balaban J connectivity index is 2.52. The fourth-order valence-electron chi connectivity index (χ4n) is 2.59. The maximum Gasteiger partial charge on any atom is 0.306 e. The number of benzene rings is 1. The van der Waals surface area contributed by atoms with Crippen LogP contribution >= 0.6 is 0 Å². The normalized spacial score (nSPS) is 11.6. The van der Waals surface area contributed by atoms with Crippen molar-refractivity contribution in [3.8, 4) is 11.5 Å². The largest absolute Gasteiger partial charge is 0.502 e. The van der Waals surface area contributed by atoms with Crippen LogP contribution in [0.4, 0.5) is 0 Å². The summed E-state index contributed by atoms with van der Waals surface area (Å²) in [5.41, 5.74) is -0.119. The SMILES string of the molecule is C=CCOc1cccc(C(CC(=O)OCC)c2oc(CO)cc(=O)c2O)c1. The fraction of sp³-hybridized carbons (Fsp3) is 0.300. The highest BCUT2D eigenvalue weighted by Gasteiger charge is 2.27. The quantitative estimate of drug-likeness (QED) is 0.513. The molecule has 0 saturated carbocycles. The van der Waals surface area contributed by atoms with Crippen molar-refractivity contribution in [2.45, 2.75) is 25.9 Å². The number of carbonyl (C=O) groups is 1. The maximum atomic E-state index is 12.1. The zero-order valence-corrected chi connectivity index (χ0v) is 15.0. The topological polar surface area (TPSA) is 106 Å². The molecule has 1 heterocycles. The van der Waals surface area contributed by atoms with Crippen LogP contribution in [0.15, 0.2) is 52.2 Å². The van der Waals surface area contributed by atoms with Crippen molar-refractivity contribution in [3.63, 3.8) is 0 Å². The predicted molar refractivity (Wildman–Crippen MR) is 97.8 cm³/mol. The van der Waals surface area contributed by atoms with Gasteiger partial charge in [0.05, 0.1) is 18.9 Å². The first-order chi connectivity index (χ1) is 13.0. The lowest BCUT2D eigenvalue weighted by Gasteiger charge is -2.18. The van der Waals surface area contributed by atoms with Gasteiger partial charge in [-0.25, -0.2) is 0 Å². The molecule has 1 unspecified atom stereocenters. The van der Waals surface area contributed by atoms with E-state index < -0.39 is 29.7 Å². The Morgan fingerprint density at radius 1 is 1.37 bits per heavy atom. The van der Waals surface area contributed by atoms with Crippen LogP contribution in [0.25, 0.3) is 0 Å². The average molecular weight is 374 g/mol. The number of rotatable bonds is 9. The Morgan fingerprint density at radius 3 is 2.81 bits per heavy atom. The number of esters is 1. The minimum Gasteiger partial charge on any atom is -0.502 e. The van der Waals surface area contributed by atoms with Gasteiger partial charge in [0.1, 0.15) is 24.7 Å². The number of carbonyl (C=O) groups excluding carboxylic acids is 1. The van der Waals surface area contributed by atoms with Crippen LogP contribution in [0, 0.1) is 0 Å². The van der Waals surface area contributed by atoms with Gasteiger partial charge in [-0.15, -0.1) is 0 Å². The third kappa shape index (κ3) is 5.21. The highest BCUT2D eigenvalue weighted by Crippen LogP contribution is 2.34. The van der Waals surface area contributed by atoms with Crippen molar-refractivity contribution in [2.24, 2.45) is 0 Å². The second kappa shape index (κ2) is 9.59. The third-order valence-corrected chi connectivity index (χ3v) is 3.78. The smallest absolute Gasteiger partial charge is 0.306 e. The van der Waals surface area contributed by atoms with Crippen molar-refractivity contribution in [2.75, 3.05) is 13.2 Å². The molecule has 0 spiro atoms.